The normalized spacial score (nSPS) is 22.9. The molecule has 3 rings (SSSR count). The van der Waals surface area contributed by atoms with Gasteiger partial charge in [-0.2, -0.15) is 4.98 Å². The monoisotopic (exact) mass is 275 g/mol. The number of nitrogens with zero attached hydrogens (tertiary/aromatic N) is 2. The fourth-order valence-electron chi connectivity index (χ4n) is 2.80. The first kappa shape index (κ1) is 13.2. The molecule has 4 nitrogen and oxygen atoms in total. The van der Waals surface area contributed by atoms with E-state index in [0.717, 1.165) is 31.2 Å². The summed E-state index contributed by atoms with van der Waals surface area (Å²) in [5.74, 6) is 0.843. The predicted octanol–water partition coefficient (Wildman–Crippen LogP) is 3.17. The lowest BCUT2D eigenvalue weighted by molar-refractivity contribution is 0.290. The van der Waals surface area contributed by atoms with Gasteiger partial charge in [-0.25, -0.2) is 4.39 Å². The number of aryl methyl sites for hydroxylation is 1. The fourth-order valence-corrected chi connectivity index (χ4v) is 2.80. The van der Waals surface area contributed by atoms with Crippen LogP contribution in [-0.2, 0) is 0 Å². The Morgan fingerprint density at radius 1 is 1.30 bits per heavy atom. The quantitative estimate of drug-likeness (QED) is 0.914. The zero-order valence-corrected chi connectivity index (χ0v) is 11.5. The van der Waals surface area contributed by atoms with E-state index in [4.69, 9.17) is 10.3 Å². The van der Waals surface area contributed by atoms with E-state index in [1.165, 1.54) is 12.1 Å². The van der Waals surface area contributed by atoms with Crippen molar-refractivity contribution in [3.63, 3.8) is 0 Å². The lowest BCUT2D eigenvalue weighted by atomic mass is 9.85. The molecule has 2 atom stereocenters. The molecule has 0 radical (unpaired) electrons. The Hall–Kier alpha value is -1.75. The Morgan fingerprint density at radius 3 is 2.90 bits per heavy atom. The highest BCUT2D eigenvalue weighted by Crippen LogP contribution is 2.32. The van der Waals surface area contributed by atoms with Gasteiger partial charge in [0.25, 0.3) is 0 Å². The van der Waals surface area contributed by atoms with Gasteiger partial charge < -0.3 is 10.3 Å². The number of hydrogen-bond donors (Lipinski definition) is 1. The van der Waals surface area contributed by atoms with Crippen LogP contribution in [0.15, 0.2) is 22.7 Å². The van der Waals surface area contributed by atoms with E-state index >= 15 is 0 Å². The molecular formula is C15H18FN3O. The summed E-state index contributed by atoms with van der Waals surface area (Å²) in [6, 6.07) is 4.65. The molecular weight excluding hydrogens is 257 g/mol. The second kappa shape index (κ2) is 5.32. The number of rotatable bonds is 2. The number of halogens is 1. The minimum atomic E-state index is -0.300. The third-order valence-electron chi connectivity index (χ3n) is 4.02. The molecule has 2 unspecified atom stereocenters. The molecule has 0 amide bonds. The number of nitrogens with two attached hydrogens (primary N) is 1. The van der Waals surface area contributed by atoms with Crippen molar-refractivity contribution in [2.45, 2.75) is 44.6 Å². The summed E-state index contributed by atoms with van der Waals surface area (Å²) in [6.45, 7) is 1.90. The zero-order chi connectivity index (χ0) is 14.1. The van der Waals surface area contributed by atoms with E-state index in [1.54, 1.807) is 6.07 Å². The molecule has 1 aliphatic carbocycles. The Kier molecular flexibility index (Phi) is 3.53. The maximum absolute atomic E-state index is 13.4. The van der Waals surface area contributed by atoms with Crippen LogP contribution in [-0.4, -0.2) is 16.2 Å². The van der Waals surface area contributed by atoms with Crippen molar-refractivity contribution < 1.29 is 8.91 Å². The van der Waals surface area contributed by atoms with Crippen LogP contribution >= 0.6 is 0 Å². The highest BCUT2D eigenvalue weighted by Gasteiger charge is 2.28. The summed E-state index contributed by atoms with van der Waals surface area (Å²) in [7, 11) is 0. The molecule has 0 saturated heterocycles. The van der Waals surface area contributed by atoms with Gasteiger partial charge in [0, 0.05) is 11.6 Å². The molecule has 2 aromatic rings. The van der Waals surface area contributed by atoms with E-state index in [2.05, 4.69) is 10.1 Å². The van der Waals surface area contributed by atoms with Crippen LogP contribution in [0.2, 0.25) is 0 Å². The molecule has 1 aromatic heterocycles. The first-order valence-electron chi connectivity index (χ1n) is 7.01. The topological polar surface area (TPSA) is 64.9 Å². The van der Waals surface area contributed by atoms with Gasteiger partial charge in [0.1, 0.15) is 5.82 Å². The van der Waals surface area contributed by atoms with Gasteiger partial charge in [0.05, 0.1) is 5.92 Å². The molecule has 1 saturated carbocycles. The molecule has 20 heavy (non-hydrogen) atoms. The number of aromatic nitrogens is 2. The average Bonchev–Trinajstić information content (AvgIpc) is 2.91. The first-order valence-corrected chi connectivity index (χ1v) is 7.01. The minimum absolute atomic E-state index is 0.0747. The van der Waals surface area contributed by atoms with E-state index < -0.39 is 0 Å². The molecule has 1 heterocycles. The molecule has 1 aromatic carbocycles. The minimum Gasteiger partial charge on any atom is -0.339 e. The van der Waals surface area contributed by atoms with Crippen LogP contribution in [0.25, 0.3) is 11.4 Å². The standard InChI is InChI=1S/C15H18FN3O/c1-9-6-7-10(16)8-12(9)14-18-15(20-19-14)11-4-2-3-5-13(11)17/h6-8,11,13H,2-5,17H2,1H3. The third-order valence-corrected chi connectivity index (χ3v) is 4.02. The van der Waals surface area contributed by atoms with Crippen LogP contribution in [0.3, 0.4) is 0 Å². The highest BCUT2D eigenvalue weighted by molar-refractivity contribution is 5.59. The summed E-state index contributed by atoms with van der Waals surface area (Å²) in [5.41, 5.74) is 7.72. The van der Waals surface area contributed by atoms with Crippen LogP contribution in [0.4, 0.5) is 4.39 Å². The van der Waals surface area contributed by atoms with Crippen molar-refractivity contribution >= 4 is 0 Å². The van der Waals surface area contributed by atoms with E-state index in [0.29, 0.717) is 17.3 Å². The van der Waals surface area contributed by atoms with Crippen molar-refractivity contribution in [3.8, 4) is 11.4 Å². The number of benzene rings is 1. The SMILES string of the molecule is Cc1ccc(F)cc1-c1noc(C2CCCCC2N)n1. The van der Waals surface area contributed by atoms with Crippen molar-refractivity contribution in [3.05, 3.63) is 35.5 Å². The summed E-state index contributed by atoms with van der Waals surface area (Å²) >= 11 is 0. The van der Waals surface area contributed by atoms with Gasteiger partial charge in [0.2, 0.25) is 11.7 Å². The van der Waals surface area contributed by atoms with Crippen molar-refractivity contribution in [1.82, 2.24) is 10.1 Å². The maximum atomic E-state index is 13.4. The molecule has 1 aliphatic rings. The van der Waals surface area contributed by atoms with Gasteiger partial charge in [-0.1, -0.05) is 24.1 Å². The van der Waals surface area contributed by atoms with E-state index in [-0.39, 0.29) is 17.8 Å². The summed E-state index contributed by atoms with van der Waals surface area (Å²) < 4.78 is 18.7. The van der Waals surface area contributed by atoms with Crippen LogP contribution in [0.1, 0.15) is 43.1 Å². The van der Waals surface area contributed by atoms with Gasteiger partial charge in [-0.3, -0.25) is 0 Å². The molecule has 0 spiro atoms. The van der Waals surface area contributed by atoms with Crippen LogP contribution in [0, 0.1) is 12.7 Å². The van der Waals surface area contributed by atoms with Gasteiger partial charge in [-0.05, 0) is 37.5 Å². The lowest BCUT2D eigenvalue weighted by Crippen LogP contribution is -2.31. The van der Waals surface area contributed by atoms with Crippen molar-refractivity contribution in [2.75, 3.05) is 0 Å². The molecule has 0 bridgehead atoms. The Bertz CT molecular complexity index is 611. The van der Waals surface area contributed by atoms with Crippen molar-refractivity contribution in [2.24, 2.45) is 5.73 Å². The number of hydrogen-bond acceptors (Lipinski definition) is 4. The molecule has 2 N–H and O–H groups in total. The van der Waals surface area contributed by atoms with Gasteiger partial charge in [-0.15, -0.1) is 0 Å². The highest BCUT2D eigenvalue weighted by atomic mass is 19.1. The van der Waals surface area contributed by atoms with Crippen LogP contribution < -0.4 is 5.73 Å². The molecule has 1 fully saturated rings. The molecule has 5 heteroatoms. The first-order chi connectivity index (χ1) is 9.65. The summed E-state index contributed by atoms with van der Waals surface area (Å²) in [4.78, 5) is 4.43. The fraction of sp³-hybridized carbons (Fsp3) is 0.467. The van der Waals surface area contributed by atoms with Gasteiger partial charge >= 0.3 is 0 Å². The zero-order valence-electron chi connectivity index (χ0n) is 11.5. The van der Waals surface area contributed by atoms with E-state index in [9.17, 15) is 4.39 Å². The maximum Gasteiger partial charge on any atom is 0.231 e. The second-order valence-electron chi connectivity index (χ2n) is 5.47. The third kappa shape index (κ3) is 2.45. The second-order valence-corrected chi connectivity index (χ2v) is 5.47. The Labute approximate surface area is 117 Å². The summed E-state index contributed by atoms with van der Waals surface area (Å²) in [6.07, 6.45) is 4.25. The Morgan fingerprint density at radius 2 is 2.10 bits per heavy atom. The predicted molar refractivity (Wildman–Crippen MR) is 73.6 cm³/mol. The average molecular weight is 275 g/mol. The molecule has 106 valence electrons. The van der Waals surface area contributed by atoms with E-state index in [1.807, 2.05) is 6.92 Å². The van der Waals surface area contributed by atoms with Gasteiger partial charge in [0.15, 0.2) is 0 Å². The largest absolute Gasteiger partial charge is 0.339 e. The van der Waals surface area contributed by atoms with Crippen molar-refractivity contribution in [1.29, 1.82) is 0 Å². The Balaban J connectivity index is 1.91. The molecule has 0 aliphatic heterocycles. The smallest absolute Gasteiger partial charge is 0.231 e. The summed E-state index contributed by atoms with van der Waals surface area (Å²) in [5, 5.41) is 3.99. The van der Waals surface area contributed by atoms with Crippen LogP contribution in [0.5, 0.6) is 0 Å². The lowest BCUT2D eigenvalue weighted by Gasteiger charge is -2.25.